The van der Waals surface area contributed by atoms with E-state index < -0.39 is 22.5 Å². The number of carbonyl (C=O) groups is 1. The van der Waals surface area contributed by atoms with Crippen molar-refractivity contribution < 1.29 is 23.9 Å². The maximum Gasteiger partial charge on any atom is 0.338 e. The molecule has 1 aliphatic rings. The summed E-state index contributed by atoms with van der Waals surface area (Å²) in [6.45, 7) is 7.49. The average Bonchev–Trinajstić information content (AvgIpc) is 3.30. The second-order valence-corrected chi connectivity index (χ2v) is 12.3. The van der Waals surface area contributed by atoms with Gasteiger partial charge in [0.05, 0.1) is 37.9 Å². The van der Waals surface area contributed by atoms with Crippen LogP contribution in [0, 0.1) is 10.1 Å². The number of esters is 1. The molecule has 0 N–H and O–H groups in total. The molecule has 1 aliphatic heterocycles. The number of hydrogen-bond acceptors (Lipinski definition) is 9. The van der Waals surface area contributed by atoms with Gasteiger partial charge in [-0.2, -0.15) is 0 Å². The van der Waals surface area contributed by atoms with Gasteiger partial charge in [-0.1, -0.05) is 59.9 Å². The number of hydrogen-bond donors (Lipinski definition) is 0. The Bertz CT molecular complexity index is 1980. The Labute approximate surface area is 271 Å². The third-order valence-corrected chi connectivity index (χ3v) is 8.43. The number of nitrogens with zero attached hydrogens (tertiary/aromatic N) is 3. The van der Waals surface area contributed by atoms with Gasteiger partial charge in [-0.3, -0.25) is 19.5 Å². The molecule has 5 rings (SSSR count). The normalized spacial score (nSPS) is 14.6. The summed E-state index contributed by atoms with van der Waals surface area (Å²) < 4.78 is 19.4. The molecular formula is C33H30BrN3O7S. The van der Waals surface area contributed by atoms with E-state index in [1.165, 1.54) is 10.6 Å². The van der Waals surface area contributed by atoms with Gasteiger partial charge in [0.15, 0.2) is 4.80 Å². The fourth-order valence-corrected chi connectivity index (χ4v) is 6.62. The molecule has 2 heterocycles. The van der Waals surface area contributed by atoms with Gasteiger partial charge in [0, 0.05) is 11.6 Å². The van der Waals surface area contributed by atoms with Crippen LogP contribution in [0.25, 0.3) is 6.08 Å². The van der Waals surface area contributed by atoms with Gasteiger partial charge in [-0.15, -0.1) is 0 Å². The summed E-state index contributed by atoms with van der Waals surface area (Å²) in [5.74, 6) is 0.0242. The zero-order valence-corrected chi connectivity index (χ0v) is 27.4. The minimum atomic E-state index is -0.868. The molecular weight excluding hydrogens is 662 g/mol. The van der Waals surface area contributed by atoms with Crippen LogP contribution in [0.2, 0.25) is 0 Å². The fraction of sp³-hybridized carbons (Fsp3) is 0.242. The first-order valence-corrected chi connectivity index (χ1v) is 15.8. The molecule has 0 amide bonds. The van der Waals surface area contributed by atoms with Crippen molar-refractivity contribution in [1.29, 1.82) is 0 Å². The Morgan fingerprint density at radius 3 is 2.56 bits per heavy atom. The van der Waals surface area contributed by atoms with Crippen molar-refractivity contribution in [3.8, 4) is 11.5 Å². The van der Waals surface area contributed by atoms with E-state index in [9.17, 15) is 19.7 Å². The number of benzene rings is 3. The van der Waals surface area contributed by atoms with E-state index in [2.05, 4.69) is 20.9 Å². The van der Waals surface area contributed by atoms with Crippen LogP contribution in [0.5, 0.6) is 11.5 Å². The maximum absolute atomic E-state index is 14.1. The zero-order valence-electron chi connectivity index (χ0n) is 25.0. The van der Waals surface area contributed by atoms with Crippen molar-refractivity contribution >= 4 is 45.0 Å². The van der Waals surface area contributed by atoms with Crippen molar-refractivity contribution in [2.24, 2.45) is 4.99 Å². The number of nitro groups is 1. The van der Waals surface area contributed by atoms with E-state index in [0.29, 0.717) is 31.8 Å². The Morgan fingerprint density at radius 1 is 1.16 bits per heavy atom. The van der Waals surface area contributed by atoms with E-state index in [-0.39, 0.29) is 40.9 Å². The van der Waals surface area contributed by atoms with Crippen molar-refractivity contribution in [3.63, 3.8) is 0 Å². The Hall–Kier alpha value is -4.55. The number of ether oxygens (including phenoxy) is 3. The van der Waals surface area contributed by atoms with Crippen LogP contribution in [0.4, 0.5) is 5.69 Å². The van der Waals surface area contributed by atoms with Gasteiger partial charge in [-0.25, -0.2) is 9.79 Å². The van der Waals surface area contributed by atoms with Crippen LogP contribution < -0.4 is 24.4 Å². The first-order chi connectivity index (χ1) is 21.6. The lowest BCUT2D eigenvalue weighted by molar-refractivity contribution is -0.386. The standard InChI is InChI=1S/C33H30BrN3O7S/c1-5-42-32(39)28-20(4)35-33-36(29(28)23-13-9-10-14-26(23)44-19(2)3)31(38)27(45-33)17-22-15-24(34)30(25(16-22)37(40)41)43-18-21-11-7-6-8-12-21/h6-17,19,29H,5,18H2,1-4H3/b27-17-/t29-/m0/s1. The Morgan fingerprint density at radius 2 is 1.87 bits per heavy atom. The van der Waals surface area contributed by atoms with E-state index in [1.807, 2.05) is 62.4 Å². The summed E-state index contributed by atoms with van der Waals surface area (Å²) in [6.07, 6.45) is 1.41. The molecule has 0 unspecified atom stereocenters. The summed E-state index contributed by atoms with van der Waals surface area (Å²) in [5, 5.41) is 12.1. The Balaban J connectivity index is 1.64. The smallest absolute Gasteiger partial charge is 0.338 e. The minimum Gasteiger partial charge on any atom is -0.491 e. The number of rotatable bonds is 10. The molecule has 232 valence electrons. The molecule has 12 heteroatoms. The number of allylic oxidation sites excluding steroid dienone is 1. The van der Waals surface area contributed by atoms with Crippen LogP contribution in [-0.2, 0) is 16.1 Å². The summed E-state index contributed by atoms with van der Waals surface area (Å²) in [4.78, 5) is 43.9. The number of para-hydroxylation sites is 1. The first kappa shape index (κ1) is 31.9. The molecule has 0 bridgehead atoms. The molecule has 0 saturated heterocycles. The number of thiazole rings is 1. The van der Waals surface area contributed by atoms with Crippen LogP contribution in [-0.4, -0.2) is 28.2 Å². The van der Waals surface area contributed by atoms with Crippen molar-refractivity contribution in [1.82, 2.24) is 4.57 Å². The topological polar surface area (TPSA) is 122 Å². The summed E-state index contributed by atoms with van der Waals surface area (Å²) in [7, 11) is 0. The molecule has 0 aliphatic carbocycles. The lowest BCUT2D eigenvalue weighted by atomic mass is 9.95. The van der Waals surface area contributed by atoms with Gasteiger partial charge >= 0.3 is 11.7 Å². The van der Waals surface area contributed by atoms with Crippen LogP contribution >= 0.6 is 27.3 Å². The largest absolute Gasteiger partial charge is 0.491 e. The second kappa shape index (κ2) is 13.6. The maximum atomic E-state index is 14.1. The van der Waals surface area contributed by atoms with Gasteiger partial charge in [0.1, 0.15) is 18.4 Å². The summed E-state index contributed by atoms with van der Waals surface area (Å²) in [6, 6.07) is 18.7. The molecule has 1 atom stereocenters. The second-order valence-electron chi connectivity index (χ2n) is 10.4. The lowest BCUT2D eigenvalue weighted by Gasteiger charge is -2.26. The highest BCUT2D eigenvalue weighted by molar-refractivity contribution is 9.10. The predicted molar refractivity (Wildman–Crippen MR) is 174 cm³/mol. The van der Waals surface area contributed by atoms with Crippen molar-refractivity contribution in [3.05, 3.63) is 129 Å². The first-order valence-electron chi connectivity index (χ1n) is 14.2. The highest BCUT2D eigenvalue weighted by Gasteiger charge is 2.35. The van der Waals surface area contributed by atoms with Crippen molar-refractivity contribution in [2.45, 2.75) is 46.4 Å². The third kappa shape index (κ3) is 6.76. The van der Waals surface area contributed by atoms with Gasteiger partial charge in [-0.05, 0) is 73.0 Å². The highest BCUT2D eigenvalue weighted by Crippen LogP contribution is 2.38. The van der Waals surface area contributed by atoms with Crippen LogP contribution in [0.3, 0.4) is 0 Å². The molecule has 0 spiro atoms. The summed E-state index contributed by atoms with van der Waals surface area (Å²) in [5.41, 5.74) is 1.86. The molecule has 1 aromatic heterocycles. The summed E-state index contributed by atoms with van der Waals surface area (Å²) >= 11 is 4.55. The minimum absolute atomic E-state index is 0.0823. The molecule has 45 heavy (non-hydrogen) atoms. The number of halogens is 1. The molecule has 0 fully saturated rings. The molecule has 4 aromatic rings. The van der Waals surface area contributed by atoms with E-state index in [4.69, 9.17) is 14.2 Å². The zero-order chi connectivity index (χ0) is 32.2. The lowest BCUT2D eigenvalue weighted by Crippen LogP contribution is -2.40. The quantitative estimate of drug-likeness (QED) is 0.116. The molecule has 0 saturated carbocycles. The predicted octanol–water partition coefficient (Wildman–Crippen LogP) is 5.84. The van der Waals surface area contributed by atoms with Gasteiger partial charge in [0.25, 0.3) is 5.56 Å². The molecule has 3 aromatic carbocycles. The van der Waals surface area contributed by atoms with E-state index in [1.54, 1.807) is 32.1 Å². The monoisotopic (exact) mass is 691 g/mol. The highest BCUT2D eigenvalue weighted by atomic mass is 79.9. The van der Waals surface area contributed by atoms with Gasteiger partial charge < -0.3 is 14.2 Å². The number of carbonyl (C=O) groups excluding carboxylic acids is 1. The van der Waals surface area contributed by atoms with Crippen LogP contribution in [0.15, 0.2) is 92.3 Å². The Kier molecular flexibility index (Phi) is 9.64. The molecule has 0 radical (unpaired) electrons. The van der Waals surface area contributed by atoms with Crippen LogP contribution in [0.1, 0.15) is 50.4 Å². The number of nitro benzene ring substituents is 1. The third-order valence-electron chi connectivity index (χ3n) is 6.86. The average molecular weight is 693 g/mol. The van der Waals surface area contributed by atoms with E-state index >= 15 is 0 Å². The van der Waals surface area contributed by atoms with Crippen molar-refractivity contribution in [2.75, 3.05) is 6.61 Å². The SMILES string of the molecule is CCOC(=O)C1=C(C)N=c2s/c(=C\c3cc(Br)c(OCc4ccccc4)c([N+](=O)[O-])c3)c(=O)n2[C@H]1c1ccccc1OC(C)C. The fourth-order valence-electron chi connectivity index (χ4n) is 5.00. The molecule has 10 nitrogen and oxygen atoms in total. The van der Waals surface area contributed by atoms with E-state index in [0.717, 1.165) is 16.9 Å². The number of fused-ring (bicyclic) bond motifs is 1. The number of aromatic nitrogens is 1. The van der Waals surface area contributed by atoms with Gasteiger partial charge in [0.2, 0.25) is 5.75 Å².